The van der Waals surface area contributed by atoms with Crippen molar-refractivity contribution in [3.8, 4) is 0 Å². The summed E-state index contributed by atoms with van der Waals surface area (Å²) in [6.45, 7) is 7.19. The van der Waals surface area contributed by atoms with Crippen molar-refractivity contribution < 1.29 is 22.7 Å². The molecule has 2 amide bonds. The van der Waals surface area contributed by atoms with E-state index in [4.69, 9.17) is 15.4 Å². The minimum absolute atomic E-state index is 0.0612. The number of hydrogen-bond donors (Lipinski definition) is 0. The van der Waals surface area contributed by atoms with Gasteiger partial charge < -0.3 is 14.5 Å². The molecule has 0 aromatic carbocycles. The molecule has 2 fully saturated rings. The van der Waals surface area contributed by atoms with Crippen molar-refractivity contribution in [2.24, 2.45) is 5.92 Å². The van der Waals surface area contributed by atoms with Gasteiger partial charge in [0, 0.05) is 43.3 Å². The highest BCUT2D eigenvalue weighted by Gasteiger charge is 2.39. The molecule has 0 saturated carbocycles. The molecule has 9 heteroatoms. The van der Waals surface area contributed by atoms with Crippen LogP contribution in [0.3, 0.4) is 0 Å². The van der Waals surface area contributed by atoms with Gasteiger partial charge in [-0.1, -0.05) is 0 Å². The molecule has 2 heterocycles. The first-order valence-electron chi connectivity index (χ1n) is 8.15. The average Bonchev–Trinajstić information content (AvgIpc) is 2.79. The highest BCUT2D eigenvalue weighted by molar-refractivity contribution is 8.14. The zero-order valence-corrected chi connectivity index (χ0v) is 15.9. The Balaban J connectivity index is 1.91. The topological polar surface area (TPSA) is 84.0 Å². The van der Waals surface area contributed by atoms with E-state index in [0.717, 1.165) is 12.8 Å². The SMILES string of the molecule is CC(C)(C)OC(=O)N1CCCC(CN2CC(S(=O)(=O)Cl)CC2=O)C1. The van der Waals surface area contributed by atoms with Gasteiger partial charge in [-0.15, -0.1) is 0 Å². The lowest BCUT2D eigenvalue weighted by Gasteiger charge is -2.35. The molecule has 0 bridgehead atoms. The molecule has 2 saturated heterocycles. The number of likely N-dealkylation sites (tertiary alicyclic amines) is 2. The van der Waals surface area contributed by atoms with E-state index in [2.05, 4.69) is 0 Å². The third kappa shape index (κ3) is 5.24. The molecule has 2 aliphatic rings. The van der Waals surface area contributed by atoms with Crippen LogP contribution >= 0.6 is 10.7 Å². The van der Waals surface area contributed by atoms with Crippen LogP contribution in [-0.4, -0.2) is 67.2 Å². The van der Waals surface area contributed by atoms with Gasteiger partial charge in [-0.25, -0.2) is 13.2 Å². The summed E-state index contributed by atoms with van der Waals surface area (Å²) in [4.78, 5) is 27.4. The van der Waals surface area contributed by atoms with Gasteiger partial charge in [0.05, 0.1) is 0 Å². The minimum Gasteiger partial charge on any atom is -0.444 e. The average molecular weight is 381 g/mol. The molecular weight excluding hydrogens is 356 g/mol. The van der Waals surface area contributed by atoms with Crippen molar-refractivity contribution >= 4 is 31.7 Å². The first-order valence-corrected chi connectivity index (χ1v) is 10.5. The van der Waals surface area contributed by atoms with Crippen molar-refractivity contribution in [3.63, 3.8) is 0 Å². The summed E-state index contributed by atoms with van der Waals surface area (Å²) in [6, 6.07) is 0. The molecule has 138 valence electrons. The van der Waals surface area contributed by atoms with Gasteiger partial charge in [-0.3, -0.25) is 4.79 Å². The number of carbonyl (C=O) groups excluding carboxylic acids is 2. The molecule has 2 rings (SSSR count). The third-order valence-corrected chi connectivity index (χ3v) is 6.09. The normalized spacial score (nSPS) is 25.9. The second kappa shape index (κ2) is 7.07. The molecule has 2 atom stereocenters. The molecule has 2 unspecified atom stereocenters. The van der Waals surface area contributed by atoms with Crippen LogP contribution < -0.4 is 0 Å². The third-order valence-electron chi connectivity index (χ3n) is 4.23. The molecule has 0 spiro atoms. The molecule has 0 aromatic rings. The van der Waals surface area contributed by atoms with E-state index in [9.17, 15) is 18.0 Å². The van der Waals surface area contributed by atoms with Gasteiger partial charge in [0.2, 0.25) is 15.0 Å². The van der Waals surface area contributed by atoms with Gasteiger partial charge in [-0.05, 0) is 39.5 Å². The fourth-order valence-corrected chi connectivity index (χ4v) is 4.18. The minimum atomic E-state index is -3.73. The highest BCUT2D eigenvalue weighted by Crippen LogP contribution is 2.25. The van der Waals surface area contributed by atoms with Crippen LogP contribution in [0.15, 0.2) is 0 Å². The Morgan fingerprint density at radius 2 is 2.00 bits per heavy atom. The Morgan fingerprint density at radius 1 is 1.33 bits per heavy atom. The van der Waals surface area contributed by atoms with Crippen LogP contribution in [0, 0.1) is 5.92 Å². The Morgan fingerprint density at radius 3 is 2.54 bits per heavy atom. The van der Waals surface area contributed by atoms with Gasteiger partial charge in [0.15, 0.2) is 0 Å². The molecule has 0 aliphatic carbocycles. The van der Waals surface area contributed by atoms with E-state index >= 15 is 0 Å². The second-order valence-electron chi connectivity index (χ2n) is 7.54. The standard InChI is InChI=1S/C15H25ClN2O5S/c1-15(2,3)23-14(20)17-6-4-5-11(8-17)9-18-10-12(7-13(18)19)24(16,21)22/h11-12H,4-10H2,1-3H3. The van der Waals surface area contributed by atoms with Crippen molar-refractivity contribution in [2.75, 3.05) is 26.2 Å². The maximum absolute atomic E-state index is 12.2. The van der Waals surface area contributed by atoms with E-state index in [1.54, 1.807) is 9.80 Å². The second-order valence-corrected chi connectivity index (χ2v) is 10.4. The van der Waals surface area contributed by atoms with Crippen LogP contribution in [0.5, 0.6) is 0 Å². The van der Waals surface area contributed by atoms with E-state index in [-0.39, 0.29) is 30.9 Å². The Labute approximate surface area is 147 Å². The van der Waals surface area contributed by atoms with E-state index in [0.29, 0.717) is 19.6 Å². The van der Waals surface area contributed by atoms with Crippen molar-refractivity contribution in [1.82, 2.24) is 9.80 Å². The fraction of sp³-hybridized carbons (Fsp3) is 0.867. The molecule has 0 aromatic heterocycles. The highest BCUT2D eigenvalue weighted by atomic mass is 35.7. The maximum Gasteiger partial charge on any atom is 0.410 e. The molecule has 0 N–H and O–H groups in total. The molecule has 2 aliphatic heterocycles. The van der Waals surface area contributed by atoms with Gasteiger partial charge >= 0.3 is 6.09 Å². The lowest BCUT2D eigenvalue weighted by atomic mass is 9.98. The zero-order chi connectivity index (χ0) is 18.1. The van der Waals surface area contributed by atoms with Crippen molar-refractivity contribution in [2.45, 2.75) is 50.9 Å². The summed E-state index contributed by atoms with van der Waals surface area (Å²) in [5.41, 5.74) is -0.545. The Hall–Kier alpha value is -1.02. The summed E-state index contributed by atoms with van der Waals surface area (Å²) < 4.78 is 28.2. The first kappa shape index (κ1) is 19.3. The predicted octanol–water partition coefficient (Wildman–Crippen LogP) is 1.80. The quantitative estimate of drug-likeness (QED) is 0.697. The summed E-state index contributed by atoms with van der Waals surface area (Å²) >= 11 is 0. The monoisotopic (exact) mass is 380 g/mol. The first-order chi connectivity index (χ1) is 11.0. The lowest BCUT2D eigenvalue weighted by molar-refractivity contribution is -0.128. The van der Waals surface area contributed by atoms with Crippen molar-refractivity contribution in [3.05, 3.63) is 0 Å². The van der Waals surface area contributed by atoms with Crippen LogP contribution in [0.25, 0.3) is 0 Å². The number of rotatable bonds is 3. The molecule has 24 heavy (non-hydrogen) atoms. The Bertz CT molecular complexity index is 601. The van der Waals surface area contributed by atoms with Crippen LogP contribution in [-0.2, 0) is 18.6 Å². The number of halogens is 1. The smallest absolute Gasteiger partial charge is 0.410 e. The number of carbonyl (C=O) groups is 2. The zero-order valence-electron chi connectivity index (χ0n) is 14.3. The largest absolute Gasteiger partial charge is 0.444 e. The number of hydrogen-bond acceptors (Lipinski definition) is 5. The van der Waals surface area contributed by atoms with E-state index in [1.165, 1.54) is 0 Å². The maximum atomic E-state index is 12.2. The number of amides is 2. The predicted molar refractivity (Wildman–Crippen MR) is 90.3 cm³/mol. The molecular formula is C15H25ClN2O5S. The number of nitrogens with zero attached hydrogens (tertiary/aromatic N) is 2. The van der Waals surface area contributed by atoms with Gasteiger partial charge in [0.25, 0.3) is 0 Å². The van der Waals surface area contributed by atoms with Crippen molar-refractivity contribution in [1.29, 1.82) is 0 Å². The number of ether oxygens (including phenoxy) is 1. The van der Waals surface area contributed by atoms with Gasteiger partial charge in [0.1, 0.15) is 10.9 Å². The fourth-order valence-electron chi connectivity index (χ4n) is 3.12. The summed E-state index contributed by atoms with van der Waals surface area (Å²) in [5, 5.41) is -0.836. The lowest BCUT2D eigenvalue weighted by Crippen LogP contribution is -2.46. The Kier molecular flexibility index (Phi) is 5.69. The van der Waals surface area contributed by atoms with Crippen LogP contribution in [0.2, 0.25) is 0 Å². The van der Waals surface area contributed by atoms with Crippen LogP contribution in [0.1, 0.15) is 40.0 Å². The van der Waals surface area contributed by atoms with E-state index < -0.39 is 19.9 Å². The molecule has 7 nitrogen and oxygen atoms in total. The summed E-state index contributed by atoms with van der Waals surface area (Å²) in [7, 11) is 1.63. The van der Waals surface area contributed by atoms with E-state index in [1.807, 2.05) is 20.8 Å². The van der Waals surface area contributed by atoms with Crippen LogP contribution in [0.4, 0.5) is 4.79 Å². The van der Waals surface area contributed by atoms with Gasteiger partial charge in [-0.2, -0.15) is 0 Å². The molecule has 0 radical (unpaired) electrons. The number of piperidine rings is 1. The summed E-state index contributed by atoms with van der Waals surface area (Å²) in [6.07, 6.45) is 1.32. The summed E-state index contributed by atoms with van der Waals surface area (Å²) in [5.74, 6) is -0.0781.